The summed E-state index contributed by atoms with van der Waals surface area (Å²) in [4.78, 5) is 49.2. The van der Waals surface area contributed by atoms with Crippen molar-refractivity contribution in [2.24, 2.45) is 0 Å². The number of rotatable bonds is 9. The number of nitrogens with zero attached hydrogens (tertiary/aromatic N) is 5. The summed E-state index contributed by atoms with van der Waals surface area (Å²) in [5, 5.41) is 17.4. The maximum absolute atomic E-state index is 13.8. The monoisotopic (exact) mass is 660 g/mol. The first-order chi connectivity index (χ1) is 22.9. The largest absolute Gasteiger partial charge is 0.392 e. The summed E-state index contributed by atoms with van der Waals surface area (Å²) in [7, 11) is 0. The highest BCUT2D eigenvalue weighted by Crippen LogP contribution is 2.27. The molecule has 0 aliphatic rings. The van der Waals surface area contributed by atoms with Crippen molar-refractivity contribution in [2.45, 2.75) is 19.7 Å². The third-order valence-corrected chi connectivity index (χ3v) is 8.30. The van der Waals surface area contributed by atoms with E-state index in [-0.39, 0.29) is 24.5 Å². The van der Waals surface area contributed by atoms with Gasteiger partial charge in [0.2, 0.25) is 5.78 Å². The van der Waals surface area contributed by atoms with Crippen LogP contribution in [0.25, 0.3) is 11.3 Å². The van der Waals surface area contributed by atoms with E-state index in [0.29, 0.717) is 44.6 Å². The van der Waals surface area contributed by atoms with Gasteiger partial charge >= 0.3 is 0 Å². The van der Waals surface area contributed by atoms with Crippen molar-refractivity contribution in [3.8, 4) is 23.1 Å². The number of pyridine rings is 1. The van der Waals surface area contributed by atoms with Crippen LogP contribution in [0, 0.1) is 11.8 Å². The van der Waals surface area contributed by atoms with Gasteiger partial charge in [-0.3, -0.25) is 23.9 Å². The molecule has 12 heteroatoms. The zero-order valence-electron chi connectivity index (χ0n) is 24.6. The molecule has 2 N–H and O–H groups in total. The summed E-state index contributed by atoms with van der Waals surface area (Å²) in [6.45, 7) is -0.129. The molecular formula is C35H25ClN6O4S. The van der Waals surface area contributed by atoms with Gasteiger partial charge in [0, 0.05) is 46.1 Å². The van der Waals surface area contributed by atoms with Crippen LogP contribution in [0.5, 0.6) is 0 Å². The molecule has 0 unspecified atom stereocenters. The summed E-state index contributed by atoms with van der Waals surface area (Å²) in [5.74, 6) is 5.71. The number of nitrogens with one attached hydrogen (secondary N) is 1. The number of halogens is 1. The van der Waals surface area contributed by atoms with Gasteiger partial charge in [-0.25, -0.2) is 4.98 Å². The van der Waals surface area contributed by atoms with Gasteiger partial charge in [0.1, 0.15) is 17.2 Å². The van der Waals surface area contributed by atoms with Gasteiger partial charge in [0.25, 0.3) is 11.5 Å². The Kier molecular flexibility index (Phi) is 9.45. The number of aromatic nitrogens is 5. The number of anilines is 1. The number of ketones is 1. The molecule has 0 fully saturated rings. The second-order valence-electron chi connectivity index (χ2n) is 10.2. The normalized spacial score (nSPS) is 10.7. The van der Waals surface area contributed by atoms with Gasteiger partial charge in [-0.15, -0.1) is 11.3 Å². The Morgan fingerprint density at radius 2 is 1.77 bits per heavy atom. The van der Waals surface area contributed by atoms with E-state index in [4.69, 9.17) is 11.6 Å². The lowest BCUT2D eigenvalue weighted by atomic mass is 10.1. The summed E-state index contributed by atoms with van der Waals surface area (Å²) in [5.41, 5.74) is 2.38. The van der Waals surface area contributed by atoms with Crippen LogP contribution < -0.4 is 10.9 Å². The standard InChI is InChI=1S/C35H25ClN6O4S/c36-32-14-11-26(47-32)19-39-33-18-28(40-42(33)35(46)25-9-6-24(22-43)7-10-25)27-12-15-34(45)41(21-31(44)29-20-37-16-17-38-29)30(27)13-8-23-4-2-1-3-5-23/h1-7,9-12,14-18,20,39,43H,19,21-22H2. The first-order valence-corrected chi connectivity index (χ1v) is 15.5. The highest BCUT2D eigenvalue weighted by molar-refractivity contribution is 7.16. The maximum atomic E-state index is 13.8. The van der Waals surface area contributed by atoms with Gasteiger partial charge in [-0.1, -0.05) is 47.9 Å². The predicted molar refractivity (Wildman–Crippen MR) is 179 cm³/mol. The molecule has 2 aromatic carbocycles. The van der Waals surface area contributed by atoms with E-state index in [1.807, 2.05) is 36.4 Å². The van der Waals surface area contributed by atoms with Crippen LogP contribution >= 0.6 is 22.9 Å². The van der Waals surface area contributed by atoms with E-state index in [1.54, 1.807) is 42.5 Å². The second-order valence-corrected chi connectivity index (χ2v) is 12.0. The Morgan fingerprint density at radius 3 is 2.47 bits per heavy atom. The third kappa shape index (κ3) is 7.26. The first-order valence-electron chi connectivity index (χ1n) is 14.3. The quantitative estimate of drug-likeness (QED) is 0.158. The maximum Gasteiger partial charge on any atom is 0.280 e. The first kappa shape index (κ1) is 31.3. The summed E-state index contributed by atoms with van der Waals surface area (Å²) >= 11 is 7.54. The number of aliphatic hydroxyl groups excluding tert-OH is 1. The molecule has 10 nitrogen and oxygen atoms in total. The van der Waals surface area contributed by atoms with Crippen LogP contribution in [0.4, 0.5) is 5.82 Å². The van der Waals surface area contributed by atoms with Gasteiger partial charge in [-0.05, 0) is 53.9 Å². The lowest BCUT2D eigenvalue weighted by molar-refractivity contribution is 0.0945. The fourth-order valence-electron chi connectivity index (χ4n) is 4.69. The molecule has 0 bridgehead atoms. The number of hydrogen-bond acceptors (Lipinski definition) is 9. The van der Waals surface area contributed by atoms with E-state index in [1.165, 1.54) is 45.2 Å². The molecule has 0 amide bonds. The zero-order valence-corrected chi connectivity index (χ0v) is 26.2. The van der Waals surface area contributed by atoms with Gasteiger partial charge in [-0.2, -0.15) is 9.78 Å². The number of carbonyl (C=O) groups excluding carboxylic acids is 2. The summed E-state index contributed by atoms with van der Waals surface area (Å²) in [6.07, 6.45) is 4.20. The topological polar surface area (TPSA) is 132 Å². The van der Waals surface area contributed by atoms with Crippen molar-refractivity contribution in [1.29, 1.82) is 0 Å². The Morgan fingerprint density at radius 1 is 0.957 bits per heavy atom. The molecule has 47 heavy (non-hydrogen) atoms. The number of benzene rings is 2. The lowest BCUT2D eigenvalue weighted by Gasteiger charge is -2.11. The van der Waals surface area contributed by atoms with Crippen LogP contribution in [-0.4, -0.2) is 41.1 Å². The van der Waals surface area contributed by atoms with Crippen molar-refractivity contribution in [3.05, 3.63) is 151 Å². The van der Waals surface area contributed by atoms with E-state index < -0.39 is 17.2 Å². The molecule has 4 aromatic heterocycles. The smallest absolute Gasteiger partial charge is 0.280 e. The van der Waals surface area contributed by atoms with Crippen LogP contribution in [0.2, 0.25) is 4.34 Å². The molecular weight excluding hydrogens is 636 g/mol. The minimum atomic E-state index is -0.448. The van der Waals surface area contributed by atoms with Crippen molar-refractivity contribution < 1.29 is 14.7 Å². The molecule has 0 atom stereocenters. The van der Waals surface area contributed by atoms with Gasteiger partial charge in [0.05, 0.1) is 35.9 Å². The molecule has 0 spiro atoms. The predicted octanol–water partition coefficient (Wildman–Crippen LogP) is 5.29. The number of carbonyl (C=O) groups is 2. The van der Waals surface area contributed by atoms with Crippen molar-refractivity contribution >= 4 is 40.4 Å². The molecule has 0 saturated heterocycles. The van der Waals surface area contributed by atoms with Crippen LogP contribution in [-0.2, 0) is 19.7 Å². The highest BCUT2D eigenvalue weighted by Gasteiger charge is 2.21. The van der Waals surface area contributed by atoms with E-state index in [2.05, 4.69) is 32.2 Å². The molecule has 0 aliphatic carbocycles. The minimum Gasteiger partial charge on any atom is -0.392 e. The number of aliphatic hydroxyl groups is 1. The van der Waals surface area contributed by atoms with Crippen molar-refractivity contribution in [3.63, 3.8) is 0 Å². The molecule has 6 rings (SSSR count). The lowest BCUT2D eigenvalue weighted by Crippen LogP contribution is -2.27. The van der Waals surface area contributed by atoms with E-state index >= 15 is 0 Å². The Hall–Kier alpha value is -5.67. The number of thiophene rings is 1. The Balaban J connectivity index is 1.47. The molecule has 4 heterocycles. The minimum absolute atomic E-state index is 0.106. The van der Waals surface area contributed by atoms with Gasteiger partial charge < -0.3 is 10.4 Å². The van der Waals surface area contributed by atoms with E-state index in [9.17, 15) is 19.5 Å². The van der Waals surface area contributed by atoms with Crippen LogP contribution in [0.1, 0.15) is 42.5 Å². The van der Waals surface area contributed by atoms with Crippen LogP contribution in [0.3, 0.4) is 0 Å². The van der Waals surface area contributed by atoms with Crippen molar-refractivity contribution in [1.82, 2.24) is 24.3 Å². The second kappa shape index (κ2) is 14.2. The highest BCUT2D eigenvalue weighted by atomic mass is 35.5. The SMILES string of the molecule is O=C(Cn1c(C#Cc2ccccc2)c(-c2cc(NCc3ccc(Cl)s3)n(C(=O)c3ccc(CO)cc3)n2)ccc1=O)c1cnccn1. The number of Topliss-reactive ketones (excluding diaryl/α,β-unsaturated/α-hetero) is 1. The van der Waals surface area contributed by atoms with Crippen molar-refractivity contribution in [2.75, 3.05) is 5.32 Å². The fraction of sp³-hybridized carbons (Fsp3) is 0.0857. The molecule has 0 radical (unpaired) electrons. The average molecular weight is 661 g/mol. The van der Waals surface area contributed by atoms with Gasteiger partial charge in [0.15, 0.2) is 0 Å². The Bertz CT molecular complexity index is 2180. The molecule has 0 saturated carbocycles. The van der Waals surface area contributed by atoms with Crippen LogP contribution in [0.15, 0.2) is 108 Å². The summed E-state index contributed by atoms with van der Waals surface area (Å²) < 4.78 is 3.15. The average Bonchev–Trinajstić information content (AvgIpc) is 3.73. The fourth-order valence-corrected chi connectivity index (χ4v) is 5.72. The van der Waals surface area contributed by atoms with E-state index in [0.717, 1.165) is 4.88 Å². The number of hydrogen-bond donors (Lipinski definition) is 2. The third-order valence-electron chi connectivity index (χ3n) is 7.07. The molecule has 6 aromatic rings. The molecule has 232 valence electrons. The zero-order chi connectivity index (χ0) is 32.8. The molecule has 0 aliphatic heterocycles. The summed E-state index contributed by atoms with van der Waals surface area (Å²) in [6, 6.07) is 24.1. The Labute approximate surface area is 278 Å².